The van der Waals surface area contributed by atoms with Gasteiger partial charge in [0.15, 0.2) is 0 Å². The highest BCUT2D eigenvalue weighted by atomic mass is 28.3. The first-order valence-electron chi connectivity index (χ1n) is 4.98. The van der Waals surface area contributed by atoms with Crippen molar-refractivity contribution in [3.8, 4) is 0 Å². The Morgan fingerprint density at radius 3 is 2.27 bits per heavy atom. The summed E-state index contributed by atoms with van der Waals surface area (Å²) in [7, 11) is -2.64. The highest BCUT2D eigenvalue weighted by Crippen LogP contribution is 2.12. The lowest BCUT2D eigenvalue weighted by Gasteiger charge is -2.24. The predicted molar refractivity (Wildman–Crippen MR) is 61.5 cm³/mol. The predicted octanol–water partition coefficient (Wildman–Crippen LogP) is 1.01. The van der Waals surface area contributed by atoms with E-state index in [1.54, 1.807) is 18.5 Å². The van der Waals surface area contributed by atoms with Crippen LogP contribution in [0.25, 0.3) is 0 Å². The van der Waals surface area contributed by atoms with Crippen LogP contribution in [0.5, 0.6) is 0 Å². The van der Waals surface area contributed by atoms with Crippen LogP contribution in [0.15, 0.2) is 24.5 Å². The number of pyridine rings is 1. The van der Waals surface area contributed by atoms with Gasteiger partial charge in [0.05, 0.1) is 0 Å². The molecule has 0 aromatic carbocycles. The molecule has 0 aliphatic rings. The Balaban J connectivity index is 3.35. The number of hydrogen-bond acceptors (Lipinski definition) is 3. The zero-order chi connectivity index (χ0) is 11.5. The lowest BCUT2D eigenvalue weighted by Crippen LogP contribution is -2.60. The van der Waals surface area contributed by atoms with Gasteiger partial charge in [-0.05, 0) is 31.1 Å². The first-order valence-corrected chi connectivity index (χ1v) is 7.19. The Labute approximate surface area is 90.5 Å². The van der Waals surface area contributed by atoms with Crippen LogP contribution in [0.1, 0.15) is 20.8 Å². The molecular weight excluding hydrogens is 206 g/mol. The van der Waals surface area contributed by atoms with Gasteiger partial charge in [-0.25, -0.2) is 0 Å². The van der Waals surface area contributed by atoms with Crippen molar-refractivity contribution >= 4 is 24.1 Å². The van der Waals surface area contributed by atoms with E-state index in [2.05, 4.69) is 4.98 Å². The molecule has 0 aliphatic carbocycles. The van der Waals surface area contributed by atoms with Crippen LogP contribution in [0, 0.1) is 0 Å². The number of aromatic nitrogens is 1. The van der Waals surface area contributed by atoms with Crippen LogP contribution in [0.4, 0.5) is 0 Å². The minimum atomic E-state index is -2.64. The van der Waals surface area contributed by atoms with Crippen LogP contribution in [-0.4, -0.2) is 23.9 Å². The smallest absolute Gasteiger partial charge is 0.237 e. The van der Waals surface area contributed by atoms with Gasteiger partial charge in [0, 0.05) is 12.4 Å². The van der Waals surface area contributed by atoms with Gasteiger partial charge in [-0.3, -0.25) is 4.98 Å². The highest BCUT2D eigenvalue weighted by molar-refractivity contribution is 7.31. The maximum absolute atomic E-state index is 11.8. The molecule has 0 amide bonds. The summed E-state index contributed by atoms with van der Waals surface area (Å²) in [6.07, 6.45) is 3.30. The molecule has 0 aliphatic heterocycles. The Morgan fingerprint density at radius 2 is 1.93 bits per heavy atom. The van der Waals surface area contributed by atoms with Gasteiger partial charge in [0.25, 0.3) is 0 Å². The lowest BCUT2D eigenvalue weighted by atomic mass is 10.5. The molecule has 1 aromatic heterocycles. The van der Waals surface area contributed by atoms with Gasteiger partial charge in [-0.1, -0.05) is 13.0 Å². The molecule has 1 aromatic rings. The van der Waals surface area contributed by atoms with Crippen molar-refractivity contribution in [3.63, 3.8) is 0 Å². The van der Waals surface area contributed by atoms with E-state index in [0.29, 0.717) is 6.04 Å². The first-order chi connectivity index (χ1) is 7.05. The summed E-state index contributed by atoms with van der Waals surface area (Å²) < 4.78 is 0. The Hall–Kier alpha value is -1.29. The molecule has 0 bridgehead atoms. The summed E-state index contributed by atoms with van der Waals surface area (Å²) in [5, 5.41) is 0.864. The number of nitrogens with zero attached hydrogens (tertiary/aromatic N) is 1. The summed E-state index contributed by atoms with van der Waals surface area (Å²) in [5.74, 6) is 0. The SMILES string of the molecule is CC[Si](C(C)=O)(C(C)=O)c1cccnc1. The van der Waals surface area contributed by atoms with Crippen molar-refractivity contribution in [1.82, 2.24) is 4.98 Å². The van der Waals surface area contributed by atoms with Gasteiger partial charge in [0.1, 0.15) is 10.8 Å². The summed E-state index contributed by atoms with van der Waals surface area (Å²) in [6.45, 7) is 4.94. The van der Waals surface area contributed by atoms with E-state index >= 15 is 0 Å². The minimum absolute atomic E-state index is 0.0190. The number of rotatable bonds is 4. The summed E-state index contributed by atoms with van der Waals surface area (Å²) in [5.41, 5.74) is 0. The Morgan fingerprint density at radius 1 is 1.33 bits per heavy atom. The lowest BCUT2D eigenvalue weighted by molar-refractivity contribution is -0.114. The molecule has 0 atom stereocenters. The molecule has 1 rings (SSSR count). The maximum atomic E-state index is 11.8. The van der Waals surface area contributed by atoms with Crippen molar-refractivity contribution in [2.45, 2.75) is 26.8 Å². The molecule has 15 heavy (non-hydrogen) atoms. The quantitative estimate of drug-likeness (QED) is 0.713. The largest absolute Gasteiger partial charge is 0.305 e. The fourth-order valence-electron chi connectivity index (χ4n) is 1.97. The van der Waals surface area contributed by atoms with Crippen LogP contribution in [0.3, 0.4) is 0 Å². The average molecular weight is 221 g/mol. The average Bonchev–Trinajstić information content (AvgIpc) is 2.20. The molecule has 0 fully saturated rings. The molecule has 1 heterocycles. The Bertz CT molecular complexity index is 361. The van der Waals surface area contributed by atoms with E-state index in [1.165, 1.54) is 13.8 Å². The summed E-state index contributed by atoms with van der Waals surface area (Å²) in [4.78, 5) is 27.5. The second-order valence-electron chi connectivity index (χ2n) is 3.61. The number of hydrogen-bond donors (Lipinski definition) is 0. The van der Waals surface area contributed by atoms with E-state index < -0.39 is 8.07 Å². The van der Waals surface area contributed by atoms with Crippen molar-refractivity contribution in [1.29, 1.82) is 0 Å². The van der Waals surface area contributed by atoms with Crippen LogP contribution >= 0.6 is 0 Å². The molecule has 0 saturated carbocycles. The molecule has 3 nitrogen and oxygen atoms in total. The minimum Gasteiger partial charge on any atom is -0.305 e. The third kappa shape index (κ3) is 1.90. The third-order valence-corrected chi connectivity index (χ3v) is 7.63. The van der Waals surface area contributed by atoms with E-state index in [1.807, 2.05) is 13.0 Å². The standard InChI is InChI=1S/C11H15NO2Si/c1-4-15(9(2)13,10(3)14)11-6-5-7-12-8-11/h5-8H,4H2,1-3H3. The fraction of sp³-hybridized carbons (Fsp3) is 0.364. The molecule has 0 saturated heterocycles. The van der Waals surface area contributed by atoms with Gasteiger partial charge in [-0.15, -0.1) is 0 Å². The van der Waals surface area contributed by atoms with E-state index in [-0.39, 0.29) is 10.8 Å². The summed E-state index contributed by atoms with van der Waals surface area (Å²) in [6, 6.07) is 4.23. The highest BCUT2D eigenvalue weighted by Gasteiger charge is 2.44. The van der Waals surface area contributed by atoms with Crippen LogP contribution in [-0.2, 0) is 9.59 Å². The second kappa shape index (κ2) is 4.48. The van der Waals surface area contributed by atoms with E-state index in [9.17, 15) is 9.59 Å². The molecule has 0 spiro atoms. The number of carbonyl (C=O) groups is 2. The normalized spacial score (nSPS) is 11.1. The molecule has 0 unspecified atom stereocenters. The molecule has 0 radical (unpaired) electrons. The van der Waals surface area contributed by atoms with Crippen molar-refractivity contribution in [3.05, 3.63) is 24.5 Å². The fourth-order valence-corrected chi connectivity index (χ4v) is 5.36. The van der Waals surface area contributed by atoms with Crippen LogP contribution in [0.2, 0.25) is 6.04 Å². The number of carbonyl (C=O) groups excluding carboxylic acids is 2. The second-order valence-corrected chi connectivity index (χ2v) is 8.12. The van der Waals surface area contributed by atoms with Gasteiger partial charge in [-0.2, -0.15) is 0 Å². The van der Waals surface area contributed by atoms with Crippen molar-refractivity contribution < 1.29 is 9.59 Å². The monoisotopic (exact) mass is 221 g/mol. The summed E-state index contributed by atoms with van der Waals surface area (Å²) >= 11 is 0. The van der Waals surface area contributed by atoms with Gasteiger partial charge >= 0.3 is 0 Å². The van der Waals surface area contributed by atoms with Crippen LogP contribution < -0.4 is 5.19 Å². The van der Waals surface area contributed by atoms with Gasteiger partial charge in [0.2, 0.25) is 8.07 Å². The van der Waals surface area contributed by atoms with Gasteiger partial charge < -0.3 is 9.59 Å². The molecule has 4 heteroatoms. The zero-order valence-corrected chi connectivity index (χ0v) is 10.3. The van der Waals surface area contributed by atoms with E-state index in [4.69, 9.17) is 0 Å². The first kappa shape index (κ1) is 11.8. The molecule has 80 valence electrons. The molecular formula is C11H15NO2Si. The zero-order valence-electron chi connectivity index (χ0n) is 9.28. The van der Waals surface area contributed by atoms with E-state index in [0.717, 1.165) is 5.19 Å². The maximum Gasteiger partial charge on any atom is 0.237 e. The van der Waals surface area contributed by atoms with Crippen molar-refractivity contribution in [2.24, 2.45) is 0 Å². The Kier molecular flexibility index (Phi) is 3.52. The molecule has 0 N–H and O–H groups in total. The topological polar surface area (TPSA) is 47.0 Å². The third-order valence-electron chi connectivity index (χ3n) is 2.89. The van der Waals surface area contributed by atoms with Crippen molar-refractivity contribution in [2.75, 3.05) is 0 Å².